The van der Waals surface area contributed by atoms with Gasteiger partial charge in [-0.3, -0.25) is 0 Å². The van der Waals surface area contributed by atoms with E-state index >= 15 is 0 Å². The summed E-state index contributed by atoms with van der Waals surface area (Å²) in [4.78, 5) is 0. The number of hydrogen-bond donors (Lipinski definition) is 2. The van der Waals surface area contributed by atoms with E-state index in [0.29, 0.717) is 6.61 Å². The molecule has 3 nitrogen and oxygen atoms in total. The number of rotatable bonds is 5. The molecule has 3 rings (SSSR count). The zero-order chi connectivity index (χ0) is 13.8. The molecule has 4 heteroatoms. The molecule has 0 radical (unpaired) electrons. The molecule has 112 valence electrons. The SMILES string of the molecule is COCc1cccc(NCc2cccc3c2NCC3)c1.Cl. The number of anilines is 2. The normalized spacial score (nSPS) is 12.2. The van der Waals surface area contributed by atoms with Crippen molar-refractivity contribution in [2.45, 2.75) is 19.6 Å². The van der Waals surface area contributed by atoms with Crippen molar-refractivity contribution >= 4 is 23.8 Å². The third kappa shape index (κ3) is 3.69. The van der Waals surface area contributed by atoms with E-state index in [1.54, 1.807) is 7.11 Å². The molecule has 0 unspecified atom stereocenters. The van der Waals surface area contributed by atoms with E-state index in [-0.39, 0.29) is 12.4 Å². The van der Waals surface area contributed by atoms with E-state index in [0.717, 1.165) is 25.2 Å². The minimum Gasteiger partial charge on any atom is -0.384 e. The molecule has 0 spiro atoms. The number of hydrogen-bond acceptors (Lipinski definition) is 3. The van der Waals surface area contributed by atoms with Gasteiger partial charge in [-0.1, -0.05) is 30.3 Å². The van der Waals surface area contributed by atoms with Gasteiger partial charge in [-0.2, -0.15) is 0 Å². The molecule has 0 bridgehead atoms. The van der Waals surface area contributed by atoms with Gasteiger partial charge in [0.05, 0.1) is 6.61 Å². The van der Waals surface area contributed by atoms with Crippen LogP contribution in [-0.4, -0.2) is 13.7 Å². The van der Waals surface area contributed by atoms with Crippen molar-refractivity contribution < 1.29 is 4.74 Å². The van der Waals surface area contributed by atoms with E-state index in [1.165, 1.54) is 22.4 Å². The summed E-state index contributed by atoms with van der Waals surface area (Å²) in [6.07, 6.45) is 1.13. The van der Waals surface area contributed by atoms with Crippen LogP contribution in [0.3, 0.4) is 0 Å². The van der Waals surface area contributed by atoms with Gasteiger partial charge in [0.15, 0.2) is 0 Å². The Hall–Kier alpha value is -1.71. The van der Waals surface area contributed by atoms with Gasteiger partial charge >= 0.3 is 0 Å². The third-order valence-electron chi connectivity index (χ3n) is 3.65. The molecule has 2 aromatic rings. The fourth-order valence-corrected chi connectivity index (χ4v) is 2.69. The van der Waals surface area contributed by atoms with E-state index in [2.05, 4.69) is 53.1 Å². The van der Waals surface area contributed by atoms with E-state index in [9.17, 15) is 0 Å². The van der Waals surface area contributed by atoms with Crippen LogP contribution in [0.25, 0.3) is 0 Å². The Morgan fingerprint density at radius 3 is 2.90 bits per heavy atom. The Balaban J connectivity index is 0.00000161. The molecule has 0 amide bonds. The lowest BCUT2D eigenvalue weighted by Crippen LogP contribution is -2.03. The molecule has 2 aromatic carbocycles. The second-order valence-electron chi connectivity index (χ2n) is 5.11. The van der Waals surface area contributed by atoms with Crippen molar-refractivity contribution in [3.05, 3.63) is 59.2 Å². The summed E-state index contributed by atoms with van der Waals surface area (Å²) in [5.74, 6) is 0. The van der Waals surface area contributed by atoms with Gasteiger partial charge in [0, 0.05) is 31.6 Å². The molecule has 0 saturated heterocycles. The predicted molar refractivity (Wildman–Crippen MR) is 90.4 cm³/mol. The highest BCUT2D eigenvalue weighted by atomic mass is 35.5. The lowest BCUT2D eigenvalue weighted by atomic mass is 10.1. The summed E-state index contributed by atoms with van der Waals surface area (Å²) in [5.41, 5.74) is 6.40. The van der Waals surface area contributed by atoms with Gasteiger partial charge < -0.3 is 15.4 Å². The largest absolute Gasteiger partial charge is 0.384 e. The average Bonchev–Trinajstić information content (AvgIpc) is 2.95. The van der Waals surface area contributed by atoms with Crippen LogP contribution in [-0.2, 0) is 24.3 Å². The fraction of sp³-hybridized carbons (Fsp3) is 0.294. The molecule has 2 N–H and O–H groups in total. The lowest BCUT2D eigenvalue weighted by molar-refractivity contribution is 0.185. The molecule has 0 atom stereocenters. The number of nitrogens with one attached hydrogen (secondary N) is 2. The molecule has 1 heterocycles. The van der Waals surface area contributed by atoms with Crippen LogP contribution in [0.4, 0.5) is 11.4 Å². The van der Waals surface area contributed by atoms with Crippen molar-refractivity contribution in [2.75, 3.05) is 24.3 Å². The summed E-state index contributed by atoms with van der Waals surface area (Å²) >= 11 is 0. The first-order valence-electron chi connectivity index (χ1n) is 7.03. The maximum Gasteiger partial charge on any atom is 0.0713 e. The van der Waals surface area contributed by atoms with Gasteiger partial charge in [0.2, 0.25) is 0 Å². The maximum absolute atomic E-state index is 5.17. The quantitative estimate of drug-likeness (QED) is 0.880. The van der Waals surface area contributed by atoms with Gasteiger partial charge in [-0.25, -0.2) is 0 Å². The minimum atomic E-state index is 0. The number of ether oxygens (including phenoxy) is 1. The van der Waals surface area contributed by atoms with Crippen LogP contribution in [0, 0.1) is 0 Å². The molecule has 0 aromatic heterocycles. The number of para-hydroxylation sites is 1. The third-order valence-corrected chi connectivity index (χ3v) is 3.65. The van der Waals surface area contributed by atoms with Gasteiger partial charge in [-0.05, 0) is 35.2 Å². The van der Waals surface area contributed by atoms with Crippen LogP contribution in [0.1, 0.15) is 16.7 Å². The number of benzene rings is 2. The van der Waals surface area contributed by atoms with Gasteiger partial charge in [0.1, 0.15) is 0 Å². The molecule has 0 fully saturated rings. The topological polar surface area (TPSA) is 33.3 Å². The van der Waals surface area contributed by atoms with Crippen LogP contribution >= 0.6 is 12.4 Å². The summed E-state index contributed by atoms with van der Waals surface area (Å²) in [6.45, 7) is 2.54. The Morgan fingerprint density at radius 2 is 2.05 bits per heavy atom. The molecular formula is C17H21ClN2O. The van der Waals surface area contributed by atoms with E-state index in [4.69, 9.17) is 4.74 Å². The summed E-state index contributed by atoms with van der Waals surface area (Å²) in [6, 6.07) is 14.9. The minimum absolute atomic E-state index is 0. The van der Waals surface area contributed by atoms with Crippen molar-refractivity contribution in [1.82, 2.24) is 0 Å². The fourth-order valence-electron chi connectivity index (χ4n) is 2.69. The number of fused-ring (bicyclic) bond motifs is 1. The summed E-state index contributed by atoms with van der Waals surface area (Å²) in [5, 5.41) is 6.97. The first kappa shape index (κ1) is 15.7. The average molecular weight is 305 g/mol. The van der Waals surface area contributed by atoms with E-state index < -0.39 is 0 Å². The summed E-state index contributed by atoms with van der Waals surface area (Å²) < 4.78 is 5.17. The molecule has 1 aliphatic rings. The second-order valence-corrected chi connectivity index (χ2v) is 5.11. The van der Waals surface area contributed by atoms with Crippen molar-refractivity contribution in [3.8, 4) is 0 Å². The predicted octanol–water partition coefficient (Wildman–Crippen LogP) is 3.83. The second kappa shape index (κ2) is 7.34. The highest BCUT2D eigenvalue weighted by molar-refractivity contribution is 5.85. The molecule has 21 heavy (non-hydrogen) atoms. The molecular weight excluding hydrogens is 284 g/mol. The Bertz CT molecular complexity index is 601. The standard InChI is InChI=1S/C17H20N2O.ClH/c1-20-12-13-4-2-7-16(10-13)19-11-15-6-3-5-14-8-9-18-17(14)15;/h2-7,10,18-19H,8-9,11-12H2,1H3;1H. The van der Waals surface area contributed by atoms with Crippen molar-refractivity contribution in [3.63, 3.8) is 0 Å². The zero-order valence-electron chi connectivity index (χ0n) is 12.2. The number of halogens is 1. The first-order chi connectivity index (χ1) is 9.86. The van der Waals surface area contributed by atoms with Gasteiger partial charge in [0.25, 0.3) is 0 Å². The molecule has 0 saturated carbocycles. The highest BCUT2D eigenvalue weighted by Gasteiger charge is 2.12. The zero-order valence-corrected chi connectivity index (χ0v) is 13.0. The molecule has 1 aliphatic heterocycles. The summed E-state index contributed by atoms with van der Waals surface area (Å²) in [7, 11) is 1.72. The van der Waals surface area contributed by atoms with Crippen LogP contribution < -0.4 is 10.6 Å². The van der Waals surface area contributed by atoms with Crippen LogP contribution in [0.15, 0.2) is 42.5 Å². The monoisotopic (exact) mass is 304 g/mol. The smallest absolute Gasteiger partial charge is 0.0713 e. The first-order valence-corrected chi connectivity index (χ1v) is 7.03. The van der Waals surface area contributed by atoms with Crippen molar-refractivity contribution in [2.24, 2.45) is 0 Å². The highest BCUT2D eigenvalue weighted by Crippen LogP contribution is 2.27. The van der Waals surface area contributed by atoms with Crippen LogP contribution in [0.2, 0.25) is 0 Å². The number of methoxy groups -OCH3 is 1. The Kier molecular flexibility index (Phi) is 5.48. The van der Waals surface area contributed by atoms with Crippen molar-refractivity contribution in [1.29, 1.82) is 0 Å². The maximum atomic E-state index is 5.17. The van der Waals surface area contributed by atoms with E-state index in [1.807, 2.05) is 0 Å². The Morgan fingerprint density at radius 1 is 1.19 bits per heavy atom. The van der Waals surface area contributed by atoms with Gasteiger partial charge in [-0.15, -0.1) is 12.4 Å². The molecule has 0 aliphatic carbocycles. The van der Waals surface area contributed by atoms with Crippen LogP contribution in [0.5, 0.6) is 0 Å². The Labute approximate surface area is 132 Å². The lowest BCUT2D eigenvalue weighted by Gasteiger charge is -2.12.